The van der Waals surface area contributed by atoms with E-state index in [1.165, 1.54) is 81.9 Å². The fourth-order valence-electron chi connectivity index (χ4n) is 10.4. The van der Waals surface area contributed by atoms with E-state index in [4.69, 9.17) is 11.6 Å². The topological polar surface area (TPSA) is 4.93 Å². The van der Waals surface area contributed by atoms with Gasteiger partial charge in [0.1, 0.15) is 0 Å². The molecule has 6 aromatic rings. The first-order valence-corrected chi connectivity index (χ1v) is 16.1. The van der Waals surface area contributed by atoms with Crippen molar-refractivity contribution in [3.63, 3.8) is 0 Å². The molecular formula is C40H32ClN. The van der Waals surface area contributed by atoms with Gasteiger partial charge >= 0.3 is 0 Å². The van der Waals surface area contributed by atoms with Crippen molar-refractivity contribution < 1.29 is 0 Å². The van der Waals surface area contributed by atoms with Gasteiger partial charge in [0.2, 0.25) is 0 Å². The Kier molecular flexibility index (Phi) is 4.74. The van der Waals surface area contributed by atoms with Crippen LogP contribution < -0.4 is 0 Å². The Balaban J connectivity index is 1.11. The standard InChI is InChI=1S/C40H32ClN/c41-30-12-16-39-35(23-30)34-6-2-4-8-38(34)42(39)31-13-9-26(10-14-31)27-11-15-33-32-5-1-3-7-36(32)40(37(33)22-27)28-18-24-17-25(20-28)21-29(40)19-24/h1-16,22-25,28-29H,17-21H2. The Hall–Kier alpha value is -3.81. The third kappa shape index (κ3) is 3.00. The molecule has 5 aliphatic carbocycles. The summed E-state index contributed by atoms with van der Waals surface area (Å²) in [4.78, 5) is 0. The third-order valence-electron chi connectivity index (χ3n) is 11.6. The Morgan fingerprint density at radius 1 is 0.548 bits per heavy atom. The summed E-state index contributed by atoms with van der Waals surface area (Å²) in [5.41, 5.74) is 12.7. The molecule has 5 aliphatic rings. The zero-order valence-corrected chi connectivity index (χ0v) is 24.3. The highest BCUT2D eigenvalue weighted by atomic mass is 35.5. The van der Waals surface area contributed by atoms with Crippen molar-refractivity contribution in [1.82, 2.24) is 4.57 Å². The molecule has 11 rings (SSSR count). The normalized spacial score (nSPS) is 26.8. The lowest BCUT2D eigenvalue weighted by Crippen LogP contribution is -2.55. The lowest BCUT2D eigenvalue weighted by Gasteiger charge is -2.61. The molecule has 0 unspecified atom stereocenters. The minimum absolute atomic E-state index is 0.208. The van der Waals surface area contributed by atoms with Crippen molar-refractivity contribution in [3.8, 4) is 27.9 Å². The van der Waals surface area contributed by atoms with Crippen LogP contribution in [0.2, 0.25) is 5.02 Å². The maximum Gasteiger partial charge on any atom is 0.0542 e. The molecule has 1 nitrogen and oxygen atoms in total. The monoisotopic (exact) mass is 561 g/mol. The summed E-state index contributed by atoms with van der Waals surface area (Å²) < 4.78 is 2.37. The molecule has 1 spiro atoms. The Morgan fingerprint density at radius 2 is 1.21 bits per heavy atom. The van der Waals surface area contributed by atoms with Gasteiger partial charge in [0.05, 0.1) is 11.0 Å². The molecule has 0 amide bonds. The van der Waals surface area contributed by atoms with Gasteiger partial charge in [-0.1, -0.05) is 78.3 Å². The van der Waals surface area contributed by atoms with Crippen LogP contribution in [0.3, 0.4) is 0 Å². The molecule has 4 saturated carbocycles. The predicted molar refractivity (Wildman–Crippen MR) is 174 cm³/mol. The summed E-state index contributed by atoms with van der Waals surface area (Å²) in [5.74, 6) is 3.50. The van der Waals surface area contributed by atoms with Gasteiger partial charge in [-0.05, 0) is 132 Å². The van der Waals surface area contributed by atoms with Crippen molar-refractivity contribution in [3.05, 3.63) is 125 Å². The minimum Gasteiger partial charge on any atom is -0.309 e. The van der Waals surface area contributed by atoms with Crippen molar-refractivity contribution in [2.24, 2.45) is 23.7 Å². The Morgan fingerprint density at radius 3 is 2.02 bits per heavy atom. The lowest BCUT2D eigenvalue weighted by atomic mass is 9.43. The van der Waals surface area contributed by atoms with Gasteiger partial charge in [-0.15, -0.1) is 0 Å². The minimum atomic E-state index is 0.208. The second kappa shape index (κ2) is 8.39. The third-order valence-corrected chi connectivity index (χ3v) is 11.9. The number of benzene rings is 5. The molecule has 4 fully saturated rings. The average Bonchev–Trinajstić information content (AvgIpc) is 3.50. The molecule has 1 heterocycles. The maximum atomic E-state index is 6.42. The molecule has 2 heteroatoms. The Labute approximate surface area is 251 Å². The molecule has 5 aromatic carbocycles. The average molecular weight is 562 g/mol. The SMILES string of the molecule is Clc1ccc2c(c1)c1ccccc1n2-c1ccc(-c2ccc3c(c2)C2(c4ccccc4-3)C3CC4CC(C3)CC2C4)cc1. The molecule has 1 aromatic heterocycles. The van der Waals surface area contributed by atoms with Gasteiger partial charge in [0.25, 0.3) is 0 Å². The Bertz CT molecular complexity index is 2030. The number of hydrogen-bond donors (Lipinski definition) is 0. The highest BCUT2D eigenvalue weighted by Gasteiger charge is 2.61. The maximum absolute atomic E-state index is 6.42. The van der Waals surface area contributed by atoms with Crippen LogP contribution in [0, 0.1) is 23.7 Å². The van der Waals surface area contributed by atoms with E-state index in [2.05, 4.69) is 108 Å². The van der Waals surface area contributed by atoms with Crippen LogP contribution in [0.15, 0.2) is 109 Å². The molecule has 4 bridgehead atoms. The second-order valence-electron chi connectivity index (χ2n) is 13.5. The quantitative estimate of drug-likeness (QED) is 0.198. The van der Waals surface area contributed by atoms with E-state index in [0.29, 0.717) is 0 Å². The number of hydrogen-bond acceptors (Lipinski definition) is 0. The van der Waals surface area contributed by atoms with E-state index in [9.17, 15) is 0 Å². The van der Waals surface area contributed by atoms with Crippen LogP contribution in [0.4, 0.5) is 0 Å². The number of fused-ring (bicyclic) bond motifs is 6. The van der Waals surface area contributed by atoms with Crippen LogP contribution in [0.5, 0.6) is 0 Å². The van der Waals surface area contributed by atoms with E-state index in [-0.39, 0.29) is 5.41 Å². The van der Waals surface area contributed by atoms with Gasteiger partial charge in [0.15, 0.2) is 0 Å². The van der Waals surface area contributed by atoms with E-state index < -0.39 is 0 Å². The van der Waals surface area contributed by atoms with Crippen molar-refractivity contribution in [2.75, 3.05) is 0 Å². The van der Waals surface area contributed by atoms with Gasteiger partial charge in [-0.25, -0.2) is 0 Å². The number of nitrogens with zero attached hydrogens (tertiary/aromatic N) is 1. The lowest BCUT2D eigenvalue weighted by molar-refractivity contribution is -0.0399. The zero-order valence-electron chi connectivity index (χ0n) is 23.6. The largest absolute Gasteiger partial charge is 0.309 e. The smallest absolute Gasteiger partial charge is 0.0542 e. The molecule has 0 saturated heterocycles. The van der Waals surface area contributed by atoms with Crippen LogP contribution in [0.25, 0.3) is 49.7 Å². The molecule has 0 N–H and O–H groups in total. The first-order valence-electron chi connectivity index (χ1n) is 15.7. The van der Waals surface area contributed by atoms with E-state index >= 15 is 0 Å². The number of rotatable bonds is 2. The van der Waals surface area contributed by atoms with Crippen molar-refractivity contribution in [2.45, 2.75) is 37.5 Å². The molecule has 0 atom stereocenters. The van der Waals surface area contributed by atoms with Gasteiger partial charge in [0, 0.05) is 26.9 Å². The highest BCUT2D eigenvalue weighted by Crippen LogP contribution is 2.69. The highest BCUT2D eigenvalue weighted by molar-refractivity contribution is 6.32. The van der Waals surface area contributed by atoms with Gasteiger partial charge in [-0.3, -0.25) is 0 Å². The first kappa shape index (κ1) is 23.7. The van der Waals surface area contributed by atoms with E-state index in [1.807, 2.05) is 6.07 Å². The van der Waals surface area contributed by atoms with E-state index in [1.54, 1.807) is 11.1 Å². The van der Waals surface area contributed by atoms with Crippen LogP contribution in [0.1, 0.15) is 43.2 Å². The van der Waals surface area contributed by atoms with Crippen LogP contribution in [-0.4, -0.2) is 4.57 Å². The van der Waals surface area contributed by atoms with Crippen LogP contribution in [-0.2, 0) is 5.41 Å². The first-order chi connectivity index (χ1) is 20.7. The molecule has 204 valence electrons. The summed E-state index contributed by atoms with van der Waals surface area (Å²) in [6.07, 6.45) is 7.17. The summed E-state index contributed by atoms with van der Waals surface area (Å²) in [5, 5.41) is 3.20. The summed E-state index contributed by atoms with van der Waals surface area (Å²) in [7, 11) is 0. The van der Waals surface area contributed by atoms with Crippen LogP contribution >= 0.6 is 11.6 Å². The number of para-hydroxylation sites is 1. The summed E-state index contributed by atoms with van der Waals surface area (Å²) >= 11 is 6.42. The summed E-state index contributed by atoms with van der Waals surface area (Å²) in [6, 6.07) is 40.9. The summed E-state index contributed by atoms with van der Waals surface area (Å²) in [6.45, 7) is 0. The second-order valence-corrected chi connectivity index (χ2v) is 14.0. The predicted octanol–water partition coefficient (Wildman–Crippen LogP) is 10.8. The molecule has 0 aliphatic heterocycles. The van der Waals surface area contributed by atoms with Gasteiger partial charge < -0.3 is 4.57 Å². The number of aromatic nitrogens is 1. The van der Waals surface area contributed by atoms with Crippen molar-refractivity contribution >= 4 is 33.4 Å². The number of halogens is 1. The molecular weight excluding hydrogens is 530 g/mol. The zero-order chi connectivity index (χ0) is 27.6. The molecule has 42 heavy (non-hydrogen) atoms. The molecule has 0 radical (unpaired) electrons. The fraction of sp³-hybridized carbons (Fsp3) is 0.250. The van der Waals surface area contributed by atoms with E-state index in [0.717, 1.165) is 28.7 Å². The van der Waals surface area contributed by atoms with Gasteiger partial charge in [-0.2, -0.15) is 0 Å². The fourth-order valence-corrected chi connectivity index (χ4v) is 10.5. The van der Waals surface area contributed by atoms with Crippen molar-refractivity contribution in [1.29, 1.82) is 0 Å².